The predicted octanol–water partition coefficient (Wildman–Crippen LogP) is 3.94. The van der Waals surface area contributed by atoms with Crippen molar-refractivity contribution >= 4 is 9.84 Å². The van der Waals surface area contributed by atoms with Crippen LogP contribution >= 0.6 is 0 Å². The van der Waals surface area contributed by atoms with Crippen LogP contribution in [-0.4, -0.2) is 30.1 Å². The Morgan fingerprint density at radius 3 is 1.96 bits per heavy atom. The Hall–Kier alpha value is -1.85. The van der Waals surface area contributed by atoms with Gasteiger partial charge in [0.05, 0.1) is 18.0 Å². The van der Waals surface area contributed by atoms with E-state index in [4.69, 9.17) is 4.74 Å². The second-order valence-electron chi connectivity index (χ2n) is 7.77. The molecular weight excluding hydrogens is 348 g/mol. The smallest absolute Gasteiger partial charge is 0.163 e. The molecule has 26 heavy (non-hydrogen) atoms. The lowest BCUT2D eigenvalue weighted by Crippen LogP contribution is -2.51. The summed E-state index contributed by atoms with van der Waals surface area (Å²) in [5.41, 5.74) is 1.42. The van der Waals surface area contributed by atoms with Crippen molar-refractivity contribution in [3.63, 3.8) is 0 Å². The summed E-state index contributed by atoms with van der Waals surface area (Å²) in [6.45, 7) is 6.65. The zero-order chi connectivity index (χ0) is 19.6. The van der Waals surface area contributed by atoms with Crippen LogP contribution in [-0.2, 0) is 16.3 Å². The minimum atomic E-state index is -3.68. The molecule has 0 heterocycles. The summed E-state index contributed by atoms with van der Waals surface area (Å²) in [7, 11) is -2.12. The molecule has 0 aliphatic carbocycles. The van der Waals surface area contributed by atoms with Crippen LogP contribution in [0.1, 0.15) is 44.9 Å². The fraction of sp³-hybridized carbons (Fsp3) is 0.429. The Bertz CT molecular complexity index is 821. The van der Waals surface area contributed by atoms with E-state index in [0.717, 1.165) is 5.56 Å². The van der Waals surface area contributed by atoms with E-state index in [2.05, 4.69) is 0 Å². The van der Waals surface area contributed by atoms with Crippen LogP contribution in [0.15, 0.2) is 54.6 Å². The number of rotatable bonds is 6. The van der Waals surface area contributed by atoms with Crippen molar-refractivity contribution in [2.75, 3.05) is 7.11 Å². The second-order valence-corrected chi connectivity index (χ2v) is 10.9. The molecule has 4 nitrogen and oxygen atoms in total. The second kappa shape index (κ2) is 7.41. The van der Waals surface area contributed by atoms with Gasteiger partial charge in [-0.2, -0.15) is 0 Å². The lowest BCUT2D eigenvalue weighted by Gasteiger charge is -2.39. The number of aliphatic hydroxyl groups excluding tert-OH is 1. The molecule has 0 bridgehead atoms. The highest BCUT2D eigenvalue weighted by Crippen LogP contribution is 2.41. The maximum Gasteiger partial charge on any atom is 0.163 e. The van der Waals surface area contributed by atoms with Crippen molar-refractivity contribution < 1.29 is 18.3 Å². The van der Waals surface area contributed by atoms with Gasteiger partial charge in [-0.25, -0.2) is 8.42 Å². The molecule has 2 atom stereocenters. The third-order valence-electron chi connectivity index (χ3n) is 4.83. The predicted molar refractivity (Wildman–Crippen MR) is 105 cm³/mol. The van der Waals surface area contributed by atoms with E-state index in [1.807, 2.05) is 30.3 Å². The summed E-state index contributed by atoms with van der Waals surface area (Å²) < 4.78 is 29.6. The van der Waals surface area contributed by atoms with Crippen molar-refractivity contribution in [2.24, 2.45) is 0 Å². The summed E-state index contributed by atoms with van der Waals surface area (Å²) >= 11 is 0. The Labute approximate surface area is 156 Å². The van der Waals surface area contributed by atoms with Gasteiger partial charge in [0.2, 0.25) is 0 Å². The molecule has 142 valence electrons. The molecule has 0 saturated carbocycles. The van der Waals surface area contributed by atoms with Crippen molar-refractivity contribution in [1.82, 2.24) is 0 Å². The monoisotopic (exact) mass is 376 g/mol. The van der Waals surface area contributed by atoms with Crippen LogP contribution in [0.2, 0.25) is 0 Å². The van der Waals surface area contributed by atoms with Crippen LogP contribution in [0, 0.1) is 0 Å². The van der Waals surface area contributed by atoms with E-state index in [-0.39, 0.29) is 6.42 Å². The Morgan fingerprint density at radius 1 is 0.962 bits per heavy atom. The fourth-order valence-electron chi connectivity index (χ4n) is 3.18. The minimum absolute atomic E-state index is 0.223. The number of hydrogen-bond donors (Lipinski definition) is 1. The molecule has 2 rings (SSSR count). The van der Waals surface area contributed by atoms with E-state index in [1.54, 1.807) is 59.1 Å². The summed E-state index contributed by atoms with van der Waals surface area (Å²) in [4.78, 5) is 0. The Balaban J connectivity index is 2.55. The van der Waals surface area contributed by atoms with Crippen molar-refractivity contribution in [1.29, 1.82) is 0 Å². The molecule has 0 aromatic heterocycles. The minimum Gasteiger partial charge on any atom is -0.497 e. The fourth-order valence-corrected chi connectivity index (χ4v) is 5.36. The van der Waals surface area contributed by atoms with Gasteiger partial charge in [-0.3, -0.25) is 0 Å². The van der Waals surface area contributed by atoms with Crippen molar-refractivity contribution in [2.45, 2.75) is 49.7 Å². The lowest BCUT2D eigenvalue weighted by atomic mass is 9.90. The summed E-state index contributed by atoms with van der Waals surface area (Å²) in [6.07, 6.45) is -0.946. The summed E-state index contributed by atoms with van der Waals surface area (Å²) in [5.74, 6) is 0.657. The molecule has 2 aromatic carbocycles. The van der Waals surface area contributed by atoms with Crippen LogP contribution in [0.3, 0.4) is 0 Å². The largest absolute Gasteiger partial charge is 0.497 e. The quantitative estimate of drug-likeness (QED) is 0.829. The molecular formula is C21H28O4S. The standard InChI is InChI=1S/C21H28O4S/c1-20(2,3)26(23,24)21(4,15-16-9-7-6-8-10-16)19(22)17-11-13-18(25-5)14-12-17/h6-14,19,22H,15H2,1-5H3/t19-,21-/m0/s1. The normalized spacial score (nSPS) is 15.9. The molecule has 5 heteroatoms. The maximum absolute atomic E-state index is 13.4. The van der Waals surface area contributed by atoms with Gasteiger partial charge in [-0.15, -0.1) is 0 Å². The van der Waals surface area contributed by atoms with Gasteiger partial charge in [0.1, 0.15) is 10.5 Å². The Kier molecular flexibility index (Phi) is 5.83. The molecule has 2 aromatic rings. The zero-order valence-electron chi connectivity index (χ0n) is 16.1. The maximum atomic E-state index is 13.4. The van der Waals surface area contributed by atoms with E-state index < -0.39 is 25.4 Å². The van der Waals surface area contributed by atoms with E-state index >= 15 is 0 Å². The number of sulfone groups is 1. The molecule has 0 unspecified atom stereocenters. The zero-order valence-corrected chi connectivity index (χ0v) is 16.9. The van der Waals surface area contributed by atoms with Gasteiger partial charge >= 0.3 is 0 Å². The van der Waals surface area contributed by atoms with Crippen LogP contribution in [0.4, 0.5) is 0 Å². The van der Waals surface area contributed by atoms with Crippen molar-refractivity contribution in [3.05, 3.63) is 65.7 Å². The molecule has 0 radical (unpaired) electrons. The first-order chi connectivity index (χ1) is 12.0. The van der Waals surface area contributed by atoms with E-state index in [0.29, 0.717) is 11.3 Å². The lowest BCUT2D eigenvalue weighted by molar-refractivity contribution is 0.129. The highest BCUT2D eigenvalue weighted by molar-refractivity contribution is 7.94. The van der Waals surface area contributed by atoms with E-state index in [1.165, 1.54) is 0 Å². The van der Waals surface area contributed by atoms with E-state index in [9.17, 15) is 13.5 Å². The van der Waals surface area contributed by atoms with Gasteiger partial charge < -0.3 is 9.84 Å². The Morgan fingerprint density at radius 2 is 1.50 bits per heavy atom. The molecule has 0 aliphatic heterocycles. The first-order valence-electron chi connectivity index (χ1n) is 8.63. The van der Waals surface area contributed by atoms with Gasteiger partial charge in [0.25, 0.3) is 0 Å². The SMILES string of the molecule is COc1ccc([C@H](O)[C@](C)(Cc2ccccc2)S(=O)(=O)C(C)(C)C)cc1. The van der Waals surface area contributed by atoms with Gasteiger partial charge in [0, 0.05) is 0 Å². The molecule has 1 N–H and O–H groups in total. The highest BCUT2D eigenvalue weighted by atomic mass is 32.2. The number of ether oxygens (including phenoxy) is 1. The third kappa shape index (κ3) is 3.79. The van der Waals surface area contributed by atoms with Gasteiger partial charge in [0.15, 0.2) is 9.84 Å². The first kappa shape index (κ1) is 20.5. The van der Waals surface area contributed by atoms with Crippen LogP contribution in [0.5, 0.6) is 5.75 Å². The van der Waals surface area contributed by atoms with Gasteiger partial charge in [-0.1, -0.05) is 42.5 Å². The molecule has 0 fully saturated rings. The summed E-state index contributed by atoms with van der Waals surface area (Å²) in [6, 6.07) is 16.3. The van der Waals surface area contributed by atoms with Crippen LogP contribution in [0.25, 0.3) is 0 Å². The molecule has 0 amide bonds. The number of aliphatic hydroxyl groups is 1. The third-order valence-corrected chi connectivity index (χ3v) is 8.04. The number of methoxy groups -OCH3 is 1. The first-order valence-corrected chi connectivity index (χ1v) is 10.1. The highest BCUT2D eigenvalue weighted by Gasteiger charge is 2.51. The van der Waals surface area contributed by atoms with Gasteiger partial charge in [-0.05, 0) is 57.4 Å². The number of benzene rings is 2. The van der Waals surface area contributed by atoms with Crippen LogP contribution < -0.4 is 4.74 Å². The average molecular weight is 377 g/mol. The van der Waals surface area contributed by atoms with Crippen molar-refractivity contribution in [3.8, 4) is 5.75 Å². The summed E-state index contributed by atoms with van der Waals surface area (Å²) in [5, 5.41) is 11.1. The average Bonchev–Trinajstić information content (AvgIpc) is 2.60. The number of hydrogen-bond acceptors (Lipinski definition) is 4. The topological polar surface area (TPSA) is 63.6 Å². The molecule has 0 spiro atoms. The molecule has 0 aliphatic rings. The molecule has 0 saturated heterocycles.